The number of hydrogen-bond acceptors (Lipinski definition) is 5. The largest absolute Gasteiger partial charge is 0.461 e. The van der Waals surface area contributed by atoms with Crippen LogP contribution in [0.3, 0.4) is 0 Å². The zero-order chi connectivity index (χ0) is 21.6. The Bertz CT molecular complexity index is 519. The highest BCUT2D eigenvalue weighted by Crippen LogP contribution is 2.25. The van der Waals surface area contributed by atoms with Crippen LogP contribution in [-0.4, -0.2) is 35.1 Å². The molecule has 0 spiro atoms. The molecule has 1 saturated heterocycles. The predicted molar refractivity (Wildman–Crippen MR) is 115 cm³/mol. The Balaban J connectivity index is 0.000000478. The summed E-state index contributed by atoms with van der Waals surface area (Å²) in [5.74, 6) is -0.119. The van der Waals surface area contributed by atoms with Crippen LogP contribution in [0.4, 0.5) is 0 Å². The van der Waals surface area contributed by atoms with Crippen molar-refractivity contribution in [1.82, 2.24) is 5.32 Å². The number of hydrogen-bond donors (Lipinski definition) is 2. The topological polar surface area (TPSA) is 67.8 Å². The third-order valence-corrected chi connectivity index (χ3v) is 4.29. The van der Waals surface area contributed by atoms with Gasteiger partial charge in [-0.15, -0.1) is 0 Å². The first-order chi connectivity index (χ1) is 13.3. The molecule has 3 unspecified atom stereocenters. The van der Waals surface area contributed by atoms with E-state index < -0.39 is 0 Å². The molecule has 1 heterocycles. The fourth-order valence-electron chi connectivity index (χ4n) is 2.93. The number of benzene rings is 1. The summed E-state index contributed by atoms with van der Waals surface area (Å²) in [6.45, 7) is 14.4. The molecule has 0 saturated carbocycles. The Kier molecular flexibility index (Phi) is 13.8. The van der Waals surface area contributed by atoms with Gasteiger partial charge in [-0.05, 0) is 38.7 Å². The molecule has 1 fully saturated rings. The van der Waals surface area contributed by atoms with Crippen LogP contribution in [0.25, 0.3) is 0 Å². The van der Waals surface area contributed by atoms with Crippen molar-refractivity contribution in [2.75, 3.05) is 0 Å². The smallest absolute Gasteiger partial charge is 0.306 e. The van der Waals surface area contributed by atoms with Crippen LogP contribution in [0, 0.1) is 0 Å². The Morgan fingerprint density at radius 3 is 2.32 bits per heavy atom. The number of rotatable bonds is 7. The molecule has 0 aliphatic carbocycles. The van der Waals surface area contributed by atoms with Crippen molar-refractivity contribution in [2.45, 2.75) is 105 Å². The minimum Gasteiger partial charge on any atom is -0.461 e. The molecule has 2 N–H and O–H groups in total. The number of esters is 1. The minimum absolute atomic E-state index is 0.0880. The van der Waals surface area contributed by atoms with Crippen LogP contribution in [0.15, 0.2) is 30.3 Å². The quantitative estimate of drug-likeness (QED) is 0.648. The van der Waals surface area contributed by atoms with Crippen molar-refractivity contribution in [1.29, 1.82) is 0 Å². The number of nitrogens with one attached hydrogen (secondary N) is 1. The van der Waals surface area contributed by atoms with Crippen LogP contribution < -0.4 is 5.32 Å². The fourth-order valence-corrected chi connectivity index (χ4v) is 2.93. The Hall–Kier alpha value is -1.43. The number of aliphatic hydroxyl groups is 1. The van der Waals surface area contributed by atoms with E-state index in [-0.39, 0.29) is 29.9 Å². The van der Waals surface area contributed by atoms with Crippen LogP contribution in [0.1, 0.15) is 79.7 Å². The summed E-state index contributed by atoms with van der Waals surface area (Å²) in [5, 5.41) is 13.1. The number of ether oxygens (including phenoxy) is 2. The molecular formula is C23H41NO4. The molecule has 0 radical (unpaired) electrons. The highest BCUT2D eigenvalue weighted by atomic mass is 16.5. The van der Waals surface area contributed by atoms with Gasteiger partial charge in [0.05, 0.1) is 18.2 Å². The SMILES string of the molecule is CC.CCC(O)C1NC(C)(C)OC1CC.CCCC(=O)OCc1ccccc1. The summed E-state index contributed by atoms with van der Waals surface area (Å²) in [4.78, 5) is 11.0. The van der Waals surface area contributed by atoms with Crippen molar-refractivity contribution in [3.63, 3.8) is 0 Å². The molecule has 5 heteroatoms. The monoisotopic (exact) mass is 395 g/mol. The van der Waals surface area contributed by atoms with Gasteiger partial charge in [0, 0.05) is 6.42 Å². The summed E-state index contributed by atoms with van der Waals surface area (Å²) in [7, 11) is 0. The van der Waals surface area contributed by atoms with E-state index in [1.54, 1.807) is 0 Å². The van der Waals surface area contributed by atoms with Crippen LogP contribution in [-0.2, 0) is 20.9 Å². The van der Waals surface area contributed by atoms with Crippen LogP contribution in [0.5, 0.6) is 0 Å². The summed E-state index contributed by atoms with van der Waals surface area (Å²) >= 11 is 0. The van der Waals surface area contributed by atoms with Crippen molar-refractivity contribution in [3.05, 3.63) is 35.9 Å². The summed E-state index contributed by atoms with van der Waals surface area (Å²) in [6, 6.07) is 9.78. The van der Waals surface area contributed by atoms with Crippen molar-refractivity contribution in [3.8, 4) is 0 Å². The van der Waals surface area contributed by atoms with E-state index >= 15 is 0 Å². The first kappa shape index (κ1) is 26.6. The van der Waals surface area contributed by atoms with E-state index in [1.165, 1.54) is 0 Å². The first-order valence-corrected chi connectivity index (χ1v) is 10.7. The third kappa shape index (κ3) is 10.2. The van der Waals surface area contributed by atoms with Gasteiger partial charge in [0.2, 0.25) is 0 Å². The molecule has 1 aliphatic rings. The van der Waals surface area contributed by atoms with Gasteiger partial charge < -0.3 is 14.6 Å². The highest BCUT2D eigenvalue weighted by Gasteiger charge is 2.41. The number of carbonyl (C=O) groups is 1. The van der Waals surface area contributed by atoms with E-state index in [1.807, 2.05) is 71.9 Å². The number of carbonyl (C=O) groups excluding carboxylic acids is 1. The van der Waals surface area contributed by atoms with Crippen LogP contribution >= 0.6 is 0 Å². The zero-order valence-corrected chi connectivity index (χ0v) is 18.8. The minimum atomic E-state index is -0.299. The van der Waals surface area contributed by atoms with Gasteiger partial charge in [-0.2, -0.15) is 0 Å². The lowest BCUT2D eigenvalue weighted by Crippen LogP contribution is -2.45. The maximum atomic E-state index is 11.0. The standard InChI is InChI=1S/C11H14O2.C10H21NO2.C2H6/c1-2-6-11(12)13-9-10-7-4-3-5-8-10;1-5-7(12)9-8(6-2)13-10(3,4)11-9;1-2/h3-5,7-8H,2,6,9H2,1H3;7-9,11-12H,5-6H2,1-4H3;1-2H3. The van der Waals surface area contributed by atoms with E-state index in [2.05, 4.69) is 12.2 Å². The van der Waals surface area contributed by atoms with E-state index in [4.69, 9.17) is 9.47 Å². The first-order valence-electron chi connectivity index (χ1n) is 10.7. The maximum Gasteiger partial charge on any atom is 0.306 e. The molecule has 0 aromatic heterocycles. The van der Waals surface area contributed by atoms with E-state index in [0.29, 0.717) is 13.0 Å². The predicted octanol–water partition coefficient (Wildman–Crippen LogP) is 4.82. The van der Waals surface area contributed by atoms with Gasteiger partial charge in [0.15, 0.2) is 0 Å². The second kappa shape index (κ2) is 14.6. The van der Waals surface area contributed by atoms with Gasteiger partial charge in [0.1, 0.15) is 12.3 Å². The zero-order valence-electron chi connectivity index (χ0n) is 18.8. The average Bonchev–Trinajstić information content (AvgIpc) is 3.03. The molecule has 162 valence electrons. The summed E-state index contributed by atoms with van der Waals surface area (Å²) in [5.41, 5.74) is 0.744. The molecule has 1 aliphatic heterocycles. The Morgan fingerprint density at radius 1 is 1.21 bits per heavy atom. The molecule has 0 bridgehead atoms. The van der Waals surface area contributed by atoms with Gasteiger partial charge in [-0.3, -0.25) is 10.1 Å². The van der Waals surface area contributed by atoms with Gasteiger partial charge in [0.25, 0.3) is 0 Å². The van der Waals surface area contributed by atoms with E-state index in [0.717, 1.165) is 24.8 Å². The summed E-state index contributed by atoms with van der Waals surface area (Å²) in [6.07, 6.45) is 2.91. The van der Waals surface area contributed by atoms with Crippen molar-refractivity contribution in [2.24, 2.45) is 0 Å². The second-order valence-corrected chi connectivity index (χ2v) is 7.12. The average molecular weight is 396 g/mol. The van der Waals surface area contributed by atoms with Crippen molar-refractivity contribution >= 4 is 5.97 Å². The highest BCUT2D eigenvalue weighted by molar-refractivity contribution is 5.69. The Labute approximate surface area is 171 Å². The lowest BCUT2D eigenvalue weighted by molar-refractivity contribution is -0.144. The second-order valence-electron chi connectivity index (χ2n) is 7.12. The van der Waals surface area contributed by atoms with Crippen LogP contribution in [0.2, 0.25) is 0 Å². The molecule has 0 amide bonds. The molecule has 5 nitrogen and oxygen atoms in total. The van der Waals surface area contributed by atoms with Gasteiger partial charge >= 0.3 is 5.97 Å². The maximum absolute atomic E-state index is 11.0. The molecule has 1 aromatic rings. The normalized spacial score (nSPS) is 20.9. The molecule has 28 heavy (non-hydrogen) atoms. The van der Waals surface area contributed by atoms with Gasteiger partial charge in [-0.1, -0.05) is 65.0 Å². The third-order valence-electron chi connectivity index (χ3n) is 4.29. The molecular weight excluding hydrogens is 354 g/mol. The number of aliphatic hydroxyl groups excluding tert-OH is 1. The van der Waals surface area contributed by atoms with Crippen molar-refractivity contribution < 1.29 is 19.4 Å². The molecule has 3 atom stereocenters. The summed E-state index contributed by atoms with van der Waals surface area (Å²) < 4.78 is 10.8. The Morgan fingerprint density at radius 2 is 1.82 bits per heavy atom. The van der Waals surface area contributed by atoms with Gasteiger partial charge in [-0.25, -0.2) is 0 Å². The van der Waals surface area contributed by atoms with E-state index in [9.17, 15) is 9.90 Å². The lowest BCUT2D eigenvalue weighted by atomic mass is 10.0. The lowest BCUT2D eigenvalue weighted by Gasteiger charge is -2.21. The molecule has 1 aromatic carbocycles. The molecule has 2 rings (SSSR count). The fraction of sp³-hybridized carbons (Fsp3) is 0.696.